The van der Waals surface area contributed by atoms with E-state index in [2.05, 4.69) is 9.93 Å². The van der Waals surface area contributed by atoms with Crippen LogP contribution in [-0.4, -0.2) is 14.1 Å². The van der Waals surface area contributed by atoms with Gasteiger partial charge >= 0.3 is 0 Å². The minimum Gasteiger partial charge on any atom is -0.200 e. The highest BCUT2D eigenvalue weighted by molar-refractivity contribution is 7.89. The van der Waals surface area contributed by atoms with Gasteiger partial charge in [0.05, 0.1) is 4.90 Å². The molecule has 4 nitrogen and oxygen atoms in total. The molecule has 0 aliphatic rings. The number of hydrazone groups is 1. The molecule has 0 atom stereocenters. The van der Waals surface area contributed by atoms with Gasteiger partial charge in [0, 0.05) is 5.71 Å². The van der Waals surface area contributed by atoms with Gasteiger partial charge < -0.3 is 0 Å². The van der Waals surface area contributed by atoms with Crippen LogP contribution in [0.5, 0.6) is 0 Å². The fourth-order valence-corrected chi connectivity index (χ4v) is 1.73. The Labute approximate surface area is 83.7 Å². The Morgan fingerprint density at radius 3 is 2.29 bits per heavy atom. The van der Waals surface area contributed by atoms with Gasteiger partial charge in [-0.3, -0.25) is 0 Å². The summed E-state index contributed by atoms with van der Waals surface area (Å²) in [5, 5.41) is 3.65. The Balaban J connectivity index is 2.93. The van der Waals surface area contributed by atoms with Crippen molar-refractivity contribution in [3.8, 4) is 0 Å². The van der Waals surface area contributed by atoms with E-state index in [9.17, 15) is 8.42 Å². The molecule has 1 N–H and O–H groups in total. The molecule has 1 aromatic carbocycles. The Morgan fingerprint density at radius 1 is 1.21 bits per heavy atom. The first kappa shape index (κ1) is 10.7. The molecule has 1 aromatic rings. The normalized spacial score (nSPS) is 10.7. The Morgan fingerprint density at radius 2 is 1.79 bits per heavy atom. The zero-order valence-corrected chi connectivity index (χ0v) is 8.88. The molecule has 76 valence electrons. The lowest BCUT2D eigenvalue weighted by molar-refractivity contribution is 0.584. The summed E-state index contributed by atoms with van der Waals surface area (Å²) in [6, 6.07) is 8.12. The van der Waals surface area contributed by atoms with Gasteiger partial charge in [-0.25, -0.2) is 4.83 Å². The fourth-order valence-electron chi connectivity index (χ4n) is 0.804. The van der Waals surface area contributed by atoms with Crippen LogP contribution in [0.25, 0.3) is 0 Å². The predicted molar refractivity (Wildman–Crippen MR) is 55.5 cm³/mol. The van der Waals surface area contributed by atoms with Crippen LogP contribution in [0.1, 0.15) is 13.8 Å². The van der Waals surface area contributed by atoms with Crippen molar-refractivity contribution >= 4 is 15.7 Å². The molecule has 0 bridgehead atoms. The lowest BCUT2D eigenvalue weighted by Crippen LogP contribution is -2.18. The Kier molecular flexibility index (Phi) is 3.24. The minimum atomic E-state index is -3.49. The van der Waals surface area contributed by atoms with Gasteiger partial charge in [0.15, 0.2) is 0 Å². The number of nitrogens with zero attached hydrogens (tertiary/aromatic N) is 1. The molecule has 0 saturated carbocycles. The number of nitrogens with one attached hydrogen (secondary N) is 1. The number of rotatable bonds is 3. The maximum absolute atomic E-state index is 11.5. The summed E-state index contributed by atoms with van der Waals surface area (Å²) in [4.78, 5) is 2.35. The smallest absolute Gasteiger partial charge is 0.200 e. The molecule has 0 spiro atoms. The molecule has 5 heteroatoms. The highest BCUT2D eigenvalue weighted by Gasteiger charge is 2.10. The molecular formula is C9H12N2O2S. The Bertz CT molecular complexity index is 419. The van der Waals surface area contributed by atoms with E-state index in [1.54, 1.807) is 32.0 Å². The van der Waals surface area contributed by atoms with Crippen LogP contribution in [0.2, 0.25) is 0 Å². The molecule has 0 aliphatic heterocycles. The van der Waals surface area contributed by atoms with Crippen LogP contribution < -0.4 is 4.83 Å². The first-order valence-electron chi connectivity index (χ1n) is 4.10. The summed E-state index contributed by atoms with van der Waals surface area (Å²) >= 11 is 0. The van der Waals surface area contributed by atoms with Gasteiger partial charge in [-0.2, -0.15) is 13.5 Å². The topological polar surface area (TPSA) is 58.5 Å². The average Bonchev–Trinajstić information content (AvgIpc) is 2.16. The fraction of sp³-hybridized carbons (Fsp3) is 0.222. The van der Waals surface area contributed by atoms with Gasteiger partial charge in [0.1, 0.15) is 0 Å². The van der Waals surface area contributed by atoms with Crippen molar-refractivity contribution in [2.45, 2.75) is 18.7 Å². The van der Waals surface area contributed by atoms with E-state index < -0.39 is 10.0 Å². The third kappa shape index (κ3) is 2.85. The molecule has 0 saturated heterocycles. The third-order valence-corrected chi connectivity index (χ3v) is 2.67. The van der Waals surface area contributed by atoms with Crippen molar-refractivity contribution in [2.75, 3.05) is 0 Å². The number of sulfonamides is 1. The molecule has 0 fully saturated rings. The lowest BCUT2D eigenvalue weighted by atomic mass is 10.4. The molecule has 0 amide bonds. The number of benzene rings is 1. The van der Waals surface area contributed by atoms with E-state index in [1.165, 1.54) is 12.1 Å². The van der Waals surface area contributed by atoms with Crippen molar-refractivity contribution < 1.29 is 8.42 Å². The van der Waals surface area contributed by atoms with Crippen LogP contribution >= 0.6 is 0 Å². The summed E-state index contributed by atoms with van der Waals surface area (Å²) in [6.45, 7) is 3.43. The first-order chi connectivity index (χ1) is 6.52. The second-order valence-corrected chi connectivity index (χ2v) is 4.63. The molecule has 1 rings (SSSR count). The SMILES string of the molecule is CC(C)=NNS(=O)(=O)c1ccccc1. The van der Waals surface area contributed by atoms with Crippen LogP contribution in [0.4, 0.5) is 0 Å². The van der Waals surface area contributed by atoms with E-state index in [1.807, 2.05) is 0 Å². The lowest BCUT2D eigenvalue weighted by Gasteiger charge is -2.02. The van der Waals surface area contributed by atoms with Crippen molar-refractivity contribution in [1.29, 1.82) is 0 Å². The van der Waals surface area contributed by atoms with Crippen molar-refractivity contribution in [2.24, 2.45) is 5.10 Å². The molecule has 0 unspecified atom stereocenters. The van der Waals surface area contributed by atoms with Gasteiger partial charge in [0.2, 0.25) is 0 Å². The van der Waals surface area contributed by atoms with Crippen molar-refractivity contribution in [1.82, 2.24) is 4.83 Å². The molecular weight excluding hydrogens is 200 g/mol. The van der Waals surface area contributed by atoms with E-state index >= 15 is 0 Å². The van der Waals surface area contributed by atoms with Crippen LogP contribution in [0.3, 0.4) is 0 Å². The molecule has 0 radical (unpaired) electrons. The number of hydrogen-bond donors (Lipinski definition) is 1. The van der Waals surface area contributed by atoms with E-state index in [-0.39, 0.29) is 4.90 Å². The van der Waals surface area contributed by atoms with Crippen LogP contribution in [-0.2, 0) is 10.0 Å². The highest BCUT2D eigenvalue weighted by atomic mass is 32.2. The monoisotopic (exact) mass is 212 g/mol. The Hall–Kier alpha value is -1.36. The van der Waals surface area contributed by atoms with Gasteiger partial charge in [-0.05, 0) is 26.0 Å². The van der Waals surface area contributed by atoms with Crippen LogP contribution in [0, 0.1) is 0 Å². The van der Waals surface area contributed by atoms with E-state index in [4.69, 9.17) is 0 Å². The van der Waals surface area contributed by atoms with Gasteiger partial charge in [-0.15, -0.1) is 0 Å². The maximum Gasteiger partial charge on any atom is 0.276 e. The highest BCUT2D eigenvalue weighted by Crippen LogP contribution is 2.06. The summed E-state index contributed by atoms with van der Waals surface area (Å²) in [7, 11) is -3.49. The predicted octanol–water partition coefficient (Wildman–Crippen LogP) is 1.36. The second-order valence-electron chi connectivity index (χ2n) is 2.97. The number of hydrogen-bond acceptors (Lipinski definition) is 3. The summed E-state index contributed by atoms with van der Waals surface area (Å²) < 4.78 is 23.0. The molecule has 0 heterocycles. The zero-order chi connectivity index (χ0) is 10.6. The minimum absolute atomic E-state index is 0.213. The molecule has 14 heavy (non-hydrogen) atoms. The summed E-state index contributed by atoms with van der Waals surface area (Å²) in [6.07, 6.45) is 0. The van der Waals surface area contributed by atoms with Crippen molar-refractivity contribution in [3.05, 3.63) is 30.3 Å². The maximum atomic E-state index is 11.5. The van der Waals surface area contributed by atoms with Gasteiger partial charge in [0.25, 0.3) is 10.0 Å². The van der Waals surface area contributed by atoms with E-state index in [0.717, 1.165) is 0 Å². The third-order valence-electron chi connectivity index (χ3n) is 1.44. The second kappa shape index (κ2) is 4.23. The summed E-state index contributed by atoms with van der Waals surface area (Å²) in [5.74, 6) is 0. The van der Waals surface area contributed by atoms with Gasteiger partial charge in [-0.1, -0.05) is 18.2 Å². The average molecular weight is 212 g/mol. The molecule has 0 aliphatic carbocycles. The zero-order valence-electron chi connectivity index (χ0n) is 8.06. The van der Waals surface area contributed by atoms with Crippen molar-refractivity contribution in [3.63, 3.8) is 0 Å². The van der Waals surface area contributed by atoms with Crippen LogP contribution in [0.15, 0.2) is 40.3 Å². The standard InChI is InChI=1S/C9H12N2O2S/c1-8(2)10-11-14(12,13)9-6-4-3-5-7-9/h3-7,11H,1-2H3. The first-order valence-corrected chi connectivity index (χ1v) is 5.58. The molecule has 0 aromatic heterocycles. The van der Waals surface area contributed by atoms with E-state index in [0.29, 0.717) is 5.71 Å². The largest absolute Gasteiger partial charge is 0.276 e. The quantitative estimate of drug-likeness (QED) is 0.607. The summed E-state index contributed by atoms with van der Waals surface area (Å²) in [5.41, 5.74) is 0.657.